The summed E-state index contributed by atoms with van der Waals surface area (Å²) in [6.07, 6.45) is 5.99. The number of rotatable bonds is 6. The molecule has 2 aromatic rings. The quantitative estimate of drug-likeness (QED) is 0.436. The van der Waals surface area contributed by atoms with Crippen molar-refractivity contribution in [3.05, 3.63) is 59.2 Å². The second-order valence-corrected chi connectivity index (χ2v) is 11.9. The van der Waals surface area contributed by atoms with Gasteiger partial charge in [0.2, 0.25) is 11.8 Å². The second-order valence-electron chi connectivity index (χ2n) is 11.9. The topological polar surface area (TPSA) is 131 Å². The molecular formula is C31H40N4O5. The van der Waals surface area contributed by atoms with Gasteiger partial charge in [0.15, 0.2) is 0 Å². The number of hydrogen-bond donors (Lipinski definition) is 3. The van der Waals surface area contributed by atoms with E-state index in [2.05, 4.69) is 16.7 Å². The lowest BCUT2D eigenvalue weighted by Gasteiger charge is -2.32. The summed E-state index contributed by atoms with van der Waals surface area (Å²) < 4.78 is 5.43. The number of aryl methyl sites for hydroxylation is 1. The third kappa shape index (κ3) is 7.20. The maximum Gasteiger partial charge on any atom is 0.338 e. The van der Waals surface area contributed by atoms with Crippen molar-refractivity contribution in [2.45, 2.75) is 83.8 Å². The van der Waals surface area contributed by atoms with Gasteiger partial charge in [0.1, 0.15) is 18.2 Å². The van der Waals surface area contributed by atoms with Gasteiger partial charge in [0.25, 0.3) is 0 Å². The van der Waals surface area contributed by atoms with Crippen molar-refractivity contribution < 1.29 is 23.9 Å². The lowest BCUT2D eigenvalue weighted by molar-refractivity contribution is -0.123. The van der Waals surface area contributed by atoms with Crippen LogP contribution >= 0.6 is 0 Å². The number of urea groups is 1. The number of fused-ring (bicyclic) bond motifs is 1. The molecule has 0 spiro atoms. The van der Waals surface area contributed by atoms with Gasteiger partial charge in [-0.1, -0.05) is 37.5 Å². The van der Waals surface area contributed by atoms with Gasteiger partial charge in [-0.3, -0.25) is 9.59 Å². The molecule has 214 valence electrons. The average Bonchev–Trinajstić information content (AvgIpc) is 2.98. The molecule has 2 aromatic carbocycles. The molecule has 0 radical (unpaired) electrons. The number of carbonyl (C=O) groups is 4. The Labute approximate surface area is 235 Å². The van der Waals surface area contributed by atoms with Gasteiger partial charge in [0.05, 0.1) is 5.56 Å². The van der Waals surface area contributed by atoms with E-state index in [0.717, 1.165) is 36.8 Å². The molecule has 2 aliphatic rings. The summed E-state index contributed by atoms with van der Waals surface area (Å²) in [7, 11) is 0. The average molecular weight is 549 g/mol. The third-order valence-corrected chi connectivity index (χ3v) is 7.52. The SMILES string of the molecule is Cc1ccc2c(c1)N(CC(N)=O)C(=O)C(NC(=O)Nc1cccc(C(=O)OC(C)(C)C)c1)CC2C1CCCCC1. The molecule has 0 saturated heterocycles. The first-order valence-electron chi connectivity index (χ1n) is 14.0. The largest absolute Gasteiger partial charge is 0.456 e. The van der Waals surface area contributed by atoms with Crippen molar-refractivity contribution in [3.63, 3.8) is 0 Å². The lowest BCUT2D eigenvalue weighted by Crippen LogP contribution is -2.51. The van der Waals surface area contributed by atoms with Crippen molar-refractivity contribution >= 4 is 35.2 Å². The molecular weight excluding hydrogens is 508 g/mol. The number of nitrogens with zero attached hydrogens (tertiary/aromatic N) is 1. The van der Waals surface area contributed by atoms with E-state index in [4.69, 9.17) is 10.5 Å². The number of benzene rings is 2. The molecule has 9 nitrogen and oxygen atoms in total. The molecule has 4 rings (SSSR count). The molecule has 2 unspecified atom stereocenters. The van der Waals surface area contributed by atoms with Crippen LogP contribution in [0.2, 0.25) is 0 Å². The number of carbonyl (C=O) groups excluding carboxylic acids is 4. The van der Waals surface area contributed by atoms with Gasteiger partial charge in [-0.2, -0.15) is 0 Å². The van der Waals surface area contributed by atoms with E-state index in [1.165, 1.54) is 17.4 Å². The summed E-state index contributed by atoms with van der Waals surface area (Å²) >= 11 is 0. The number of anilines is 2. The highest BCUT2D eigenvalue weighted by atomic mass is 16.6. The maximum atomic E-state index is 13.9. The Kier molecular flexibility index (Phi) is 8.81. The normalized spacial score (nSPS) is 19.8. The Hall–Kier alpha value is -3.88. The Morgan fingerprint density at radius 1 is 1.05 bits per heavy atom. The highest BCUT2D eigenvalue weighted by Gasteiger charge is 2.39. The van der Waals surface area contributed by atoms with Crippen molar-refractivity contribution in [2.24, 2.45) is 11.7 Å². The summed E-state index contributed by atoms with van der Waals surface area (Å²) in [5.74, 6) is -1.09. The van der Waals surface area contributed by atoms with Gasteiger partial charge in [-0.25, -0.2) is 9.59 Å². The van der Waals surface area contributed by atoms with Crippen molar-refractivity contribution in [1.29, 1.82) is 0 Å². The smallest absolute Gasteiger partial charge is 0.338 e. The summed E-state index contributed by atoms with van der Waals surface area (Å²) in [4.78, 5) is 53.0. The fourth-order valence-corrected chi connectivity index (χ4v) is 5.80. The van der Waals surface area contributed by atoms with E-state index >= 15 is 0 Å². The second kappa shape index (κ2) is 12.1. The molecule has 1 aliphatic heterocycles. The molecule has 1 aliphatic carbocycles. The van der Waals surface area contributed by atoms with Crippen LogP contribution in [0.5, 0.6) is 0 Å². The summed E-state index contributed by atoms with van der Waals surface area (Å²) in [5.41, 5.74) is 8.27. The van der Waals surface area contributed by atoms with Crippen molar-refractivity contribution in [3.8, 4) is 0 Å². The highest BCUT2D eigenvalue weighted by Crippen LogP contribution is 2.44. The van der Waals surface area contributed by atoms with E-state index < -0.39 is 29.6 Å². The molecule has 1 heterocycles. The highest BCUT2D eigenvalue weighted by molar-refractivity contribution is 6.05. The fourth-order valence-electron chi connectivity index (χ4n) is 5.80. The van der Waals surface area contributed by atoms with E-state index in [9.17, 15) is 19.2 Å². The molecule has 1 saturated carbocycles. The first-order chi connectivity index (χ1) is 18.9. The van der Waals surface area contributed by atoms with E-state index in [1.54, 1.807) is 39.0 Å². The number of amides is 4. The van der Waals surface area contributed by atoms with Gasteiger partial charge >= 0.3 is 12.0 Å². The first-order valence-corrected chi connectivity index (χ1v) is 14.0. The minimum atomic E-state index is -0.868. The van der Waals surface area contributed by atoms with Gasteiger partial charge in [-0.05, 0) is 94.2 Å². The summed E-state index contributed by atoms with van der Waals surface area (Å²) in [6, 6.07) is 11.0. The van der Waals surface area contributed by atoms with Crippen LogP contribution in [-0.2, 0) is 14.3 Å². The number of esters is 1. The molecule has 9 heteroatoms. The van der Waals surface area contributed by atoms with Crippen LogP contribution in [0.25, 0.3) is 0 Å². The predicted octanol–water partition coefficient (Wildman–Crippen LogP) is 5.03. The number of nitrogens with one attached hydrogen (secondary N) is 2. The Morgan fingerprint density at radius 2 is 1.77 bits per heavy atom. The minimum absolute atomic E-state index is 0.0403. The summed E-state index contributed by atoms with van der Waals surface area (Å²) in [5, 5.41) is 5.60. The first kappa shape index (κ1) is 29.1. The van der Waals surface area contributed by atoms with E-state index in [-0.39, 0.29) is 18.4 Å². The molecule has 1 fully saturated rings. The van der Waals surface area contributed by atoms with Crippen molar-refractivity contribution in [1.82, 2.24) is 5.32 Å². The zero-order valence-electron chi connectivity index (χ0n) is 23.8. The Morgan fingerprint density at radius 3 is 2.45 bits per heavy atom. The lowest BCUT2D eigenvalue weighted by atomic mass is 9.74. The van der Waals surface area contributed by atoms with Gasteiger partial charge < -0.3 is 26.0 Å². The maximum absolute atomic E-state index is 13.9. The molecule has 40 heavy (non-hydrogen) atoms. The van der Waals surface area contributed by atoms with Crippen LogP contribution in [0.4, 0.5) is 16.2 Å². The Balaban J connectivity index is 1.59. The van der Waals surface area contributed by atoms with Gasteiger partial charge in [0, 0.05) is 11.4 Å². The Bertz CT molecular complexity index is 1280. The van der Waals surface area contributed by atoms with Crippen LogP contribution in [0.1, 0.15) is 86.7 Å². The van der Waals surface area contributed by atoms with Crippen LogP contribution in [-0.4, -0.2) is 42.0 Å². The number of primary amides is 1. The zero-order chi connectivity index (χ0) is 29.0. The molecule has 4 N–H and O–H groups in total. The third-order valence-electron chi connectivity index (χ3n) is 7.52. The van der Waals surface area contributed by atoms with Crippen LogP contribution < -0.4 is 21.3 Å². The van der Waals surface area contributed by atoms with E-state index in [0.29, 0.717) is 29.3 Å². The standard InChI is InChI=1S/C31H40N4O5/c1-19-13-14-23-24(20-9-6-5-7-10-20)17-25(28(37)35(18-27(32)36)26(23)15-19)34-30(39)33-22-12-8-11-21(16-22)29(38)40-31(2,3)4/h8,11-16,20,24-25H,5-7,9-10,17-18H2,1-4H3,(H2,32,36)(H2,33,34,39). The predicted molar refractivity (Wildman–Crippen MR) is 154 cm³/mol. The monoisotopic (exact) mass is 548 g/mol. The number of ether oxygens (including phenoxy) is 1. The van der Waals surface area contributed by atoms with Crippen molar-refractivity contribution in [2.75, 3.05) is 16.8 Å². The number of hydrogen-bond acceptors (Lipinski definition) is 5. The number of nitrogens with two attached hydrogens (primary N) is 1. The molecule has 0 bridgehead atoms. The minimum Gasteiger partial charge on any atom is -0.456 e. The molecule has 2 atom stereocenters. The van der Waals surface area contributed by atoms with E-state index in [1.807, 2.05) is 19.1 Å². The van der Waals surface area contributed by atoms with Gasteiger partial charge in [-0.15, -0.1) is 0 Å². The van der Waals surface area contributed by atoms with Crippen LogP contribution in [0.15, 0.2) is 42.5 Å². The van der Waals surface area contributed by atoms with Crippen LogP contribution in [0.3, 0.4) is 0 Å². The van der Waals surface area contributed by atoms with Crippen LogP contribution in [0, 0.1) is 12.8 Å². The zero-order valence-corrected chi connectivity index (χ0v) is 23.8. The summed E-state index contributed by atoms with van der Waals surface area (Å²) in [6.45, 7) is 7.02. The fraction of sp³-hybridized carbons (Fsp3) is 0.484. The molecule has 0 aromatic heterocycles. The molecule has 4 amide bonds.